The van der Waals surface area contributed by atoms with Gasteiger partial charge in [0.15, 0.2) is 0 Å². The van der Waals surface area contributed by atoms with Crippen molar-refractivity contribution in [2.24, 2.45) is 0 Å². The van der Waals surface area contributed by atoms with Crippen LogP contribution in [-0.2, 0) is 4.79 Å². The van der Waals surface area contributed by atoms with Gasteiger partial charge < -0.3 is 15.3 Å². The van der Waals surface area contributed by atoms with E-state index in [0.717, 1.165) is 25.7 Å². The van der Waals surface area contributed by atoms with Crippen molar-refractivity contribution >= 4 is 17.3 Å². The van der Waals surface area contributed by atoms with Crippen molar-refractivity contribution in [1.29, 1.82) is 0 Å². The normalized spacial score (nSPS) is 16.5. The van der Waals surface area contributed by atoms with E-state index in [1.165, 1.54) is 12.1 Å². The third-order valence-corrected chi connectivity index (χ3v) is 4.19. The maximum Gasteiger partial charge on any atom is 0.292 e. The van der Waals surface area contributed by atoms with Gasteiger partial charge in [-0.3, -0.25) is 14.9 Å². The summed E-state index contributed by atoms with van der Waals surface area (Å²) in [5.74, 6) is -0.274. The van der Waals surface area contributed by atoms with E-state index < -0.39 is 10.5 Å². The van der Waals surface area contributed by atoms with E-state index in [1.807, 2.05) is 11.9 Å². The zero-order chi connectivity index (χ0) is 16.9. The first kappa shape index (κ1) is 17.4. The Balaban J connectivity index is 1.82. The summed E-state index contributed by atoms with van der Waals surface area (Å²) in [5.41, 5.74) is -0.544. The van der Waals surface area contributed by atoms with E-state index in [-0.39, 0.29) is 23.7 Å². The first-order valence-electron chi connectivity index (χ1n) is 7.84. The quantitative estimate of drug-likeness (QED) is 0.592. The van der Waals surface area contributed by atoms with Crippen LogP contribution < -0.4 is 5.32 Å². The molecule has 0 aromatic heterocycles. The lowest BCUT2D eigenvalue weighted by Gasteiger charge is -2.28. The number of nitrogens with one attached hydrogen (secondary N) is 1. The Hall–Kier alpha value is -1.99. The predicted molar refractivity (Wildman–Crippen MR) is 87.3 cm³/mol. The van der Waals surface area contributed by atoms with Crippen molar-refractivity contribution in [2.75, 3.05) is 25.5 Å². The molecule has 0 atom stereocenters. The zero-order valence-corrected chi connectivity index (χ0v) is 13.3. The SMILES string of the molecule is CN(CCC(=O)Nc1ccccc1[N+](=O)[O-])CC1(O)CCCC1. The second-order valence-corrected chi connectivity index (χ2v) is 6.24. The molecule has 0 heterocycles. The lowest BCUT2D eigenvalue weighted by atomic mass is 10.0. The number of hydrogen-bond acceptors (Lipinski definition) is 5. The van der Waals surface area contributed by atoms with Crippen molar-refractivity contribution in [1.82, 2.24) is 4.90 Å². The van der Waals surface area contributed by atoms with E-state index in [2.05, 4.69) is 5.32 Å². The summed E-state index contributed by atoms with van der Waals surface area (Å²) in [6.07, 6.45) is 3.92. The number of hydrogen-bond donors (Lipinski definition) is 2. The number of carbonyl (C=O) groups is 1. The van der Waals surface area contributed by atoms with Crippen LogP contribution in [0.1, 0.15) is 32.1 Å². The van der Waals surface area contributed by atoms with Crippen molar-refractivity contribution in [2.45, 2.75) is 37.7 Å². The third-order valence-electron chi connectivity index (χ3n) is 4.19. The number of nitrogens with zero attached hydrogens (tertiary/aromatic N) is 2. The van der Waals surface area contributed by atoms with Gasteiger partial charge in [0.2, 0.25) is 5.91 Å². The van der Waals surface area contributed by atoms with Gasteiger partial charge in [-0.1, -0.05) is 25.0 Å². The molecule has 0 aliphatic heterocycles. The van der Waals surface area contributed by atoms with Crippen LogP contribution in [0.3, 0.4) is 0 Å². The fourth-order valence-corrected chi connectivity index (χ4v) is 3.02. The Bertz CT molecular complexity index is 570. The van der Waals surface area contributed by atoms with Crippen LogP contribution in [0.5, 0.6) is 0 Å². The van der Waals surface area contributed by atoms with E-state index >= 15 is 0 Å². The molecule has 1 aromatic rings. The maximum atomic E-state index is 12.0. The first-order chi connectivity index (χ1) is 10.9. The van der Waals surface area contributed by atoms with Crippen molar-refractivity contribution < 1.29 is 14.8 Å². The molecule has 2 rings (SSSR count). The highest BCUT2D eigenvalue weighted by atomic mass is 16.6. The summed E-state index contributed by atoms with van der Waals surface area (Å²) < 4.78 is 0. The molecule has 2 N–H and O–H groups in total. The van der Waals surface area contributed by atoms with E-state index in [9.17, 15) is 20.0 Å². The predicted octanol–water partition coefficient (Wildman–Crippen LogP) is 2.16. The summed E-state index contributed by atoms with van der Waals surface area (Å²) in [4.78, 5) is 24.3. The Kier molecular flexibility index (Phi) is 5.68. The summed E-state index contributed by atoms with van der Waals surface area (Å²) in [6, 6.07) is 6.08. The average molecular weight is 321 g/mol. The number of likely N-dealkylation sites (N-methyl/N-ethyl adjacent to an activating group) is 1. The number of para-hydroxylation sites is 2. The molecule has 1 saturated carbocycles. The fraction of sp³-hybridized carbons (Fsp3) is 0.562. The molecular formula is C16H23N3O4. The molecule has 1 amide bonds. The smallest absolute Gasteiger partial charge is 0.292 e. The highest BCUT2D eigenvalue weighted by Crippen LogP contribution is 2.30. The first-order valence-corrected chi connectivity index (χ1v) is 7.84. The molecule has 0 spiro atoms. The van der Waals surface area contributed by atoms with Crippen LogP contribution in [-0.4, -0.2) is 46.6 Å². The number of nitro benzene ring substituents is 1. The molecule has 1 aliphatic rings. The minimum absolute atomic E-state index is 0.116. The minimum atomic E-state index is -0.635. The van der Waals surface area contributed by atoms with Gasteiger partial charge >= 0.3 is 0 Å². The lowest BCUT2D eigenvalue weighted by molar-refractivity contribution is -0.383. The van der Waals surface area contributed by atoms with E-state index in [1.54, 1.807) is 12.1 Å². The van der Waals surface area contributed by atoms with Crippen LogP contribution in [0.25, 0.3) is 0 Å². The van der Waals surface area contributed by atoms with Crippen LogP contribution >= 0.6 is 0 Å². The molecule has 0 saturated heterocycles. The number of carbonyl (C=O) groups excluding carboxylic acids is 1. The molecule has 0 bridgehead atoms. The highest BCUT2D eigenvalue weighted by Gasteiger charge is 2.32. The third kappa shape index (κ3) is 5.01. The fourth-order valence-electron chi connectivity index (χ4n) is 3.02. The van der Waals surface area contributed by atoms with Crippen LogP contribution in [0.4, 0.5) is 11.4 Å². The second-order valence-electron chi connectivity index (χ2n) is 6.24. The summed E-state index contributed by atoms with van der Waals surface area (Å²) in [6.45, 7) is 1.04. The molecule has 23 heavy (non-hydrogen) atoms. The van der Waals surface area contributed by atoms with Crippen molar-refractivity contribution in [3.05, 3.63) is 34.4 Å². The molecule has 0 unspecified atom stereocenters. The van der Waals surface area contributed by atoms with Gasteiger partial charge in [-0.05, 0) is 26.0 Å². The molecule has 7 heteroatoms. The molecular weight excluding hydrogens is 298 g/mol. The van der Waals surface area contributed by atoms with Gasteiger partial charge in [0.1, 0.15) is 5.69 Å². The average Bonchev–Trinajstić information content (AvgIpc) is 2.91. The van der Waals surface area contributed by atoms with Crippen molar-refractivity contribution in [3.8, 4) is 0 Å². The van der Waals surface area contributed by atoms with Gasteiger partial charge in [0, 0.05) is 25.6 Å². The monoisotopic (exact) mass is 321 g/mol. The highest BCUT2D eigenvalue weighted by molar-refractivity contribution is 5.93. The molecule has 1 aromatic carbocycles. The zero-order valence-electron chi connectivity index (χ0n) is 13.3. The van der Waals surface area contributed by atoms with Crippen LogP contribution in [0.2, 0.25) is 0 Å². The largest absolute Gasteiger partial charge is 0.389 e. The van der Waals surface area contributed by atoms with E-state index in [4.69, 9.17) is 0 Å². The summed E-state index contributed by atoms with van der Waals surface area (Å²) in [7, 11) is 1.87. The van der Waals surface area contributed by atoms with E-state index in [0.29, 0.717) is 13.1 Å². The second kappa shape index (κ2) is 7.52. The number of anilines is 1. The topological polar surface area (TPSA) is 95.7 Å². The number of benzene rings is 1. The number of rotatable bonds is 7. The Morgan fingerprint density at radius 2 is 2.04 bits per heavy atom. The Morgan fingerprint density at radius 3 is 2.70 bits per heavy atom. The van der Waals surface area contributed by atoms with Crippen LogP contribution in [0, 0.1) is 10.1 Å². The van der Waals surface area contributed by atoms with Gasteiger partial charge in [-0.2, -0.15) is 0 Å². The number of aliphatic hydroxyl groups is 1. The van der Waals surface area contributed by atoms with Gasteiger partial charge in [0.05, 0.1) is 10.5 Å². The molecule has 1 fully saturated rings. The van der Waals surface area contributed by atoms with Gasteiger partial charge in [-0.15, -0.1) is 0 Å². The standard InChI is InChI=1S/C16H23N3O4/c1-18(12-16(21)9-4-5-10-16)11-8-15(20)17-13-6-2-3-7-14(13)19(22)23/h2-3,6-7,21H,4-5,8-12H2,1H3,(H,17,20). The molecule has 0 radical (unpaired) electrons. The van der Waals surface area contributed by atoms with Gasteiger partial charge in [0.25, 0.3) is 5.69 Å². The Morgan fingerprint density at radius 1 is 1.39 bits per heavy atom. The molecule has 7 nitrogen and oxygen atoms in total. The summed E-state index contributed by atoms with van der Waals surface area (Å²) in [5, 5.41) is 23.8. The maximum absolute atomic E-state index is 12.0. The lowest BCUT2D eigenvalue weighted by Crippen LogP contribution is -2.40. The number of nitro groups is 1. The minimum Gasteiger partial charge on any atom is -0.389 e. The molecule has 1 aliphatic carbocycles. The summed E-state index contributed by atoms with van der Waals surface area (Å²) >= 11 is 0. The van der Waals surface area contributed by atoms with Gasteiger partial charge in [-0.25, -0.2) is 0 Å². The van der Waals surface area contributed by atoms with Crippen molar-refractivity contribution in [3.63, 3.8) is 0 Å². The Labute approximate surface area is 135 Å². The number of amides is 1. The molecule has 126 valence electrons. The van der Waals surface area contributed by atoms with Crippen LogP contribution in [0.15, 0.2) is 24.3 Å².